The molecule has 0 amide bonds. The Morgan fingerprint density at radius 1 is 1.23 bits per heavy atom. The van der Waals surface area contributed by atoms with E-state index >= 15 is 0 Å². The average molecular weight is 399 g/mol. The van der Waals surface area contributed by atoms with E-state index in [4.69, 9.17) is 16.3 Å². The number of hydrogen-bond donors (Lipinski definition) is 2. The number of nitrogens with one attached hydrogen (secondary N) is 2. The number of esters is 1. The molecule has 0 unspecified atom stereocenters. The maximum Gasteiger partial charge on any atom is 0.324 e. The lowest BCUT2D eigenvalue weighted by molar-refractivity contribution is -0.144. The monoisotopic (exact) mass is 398 g/mol. The highest BCUT2D eigenvalue weighted by Gasteiger charge is 2.24. The lowest BCUT2D eigenvalue weighted by Gasteiger charge is -2.13. The molecule has 0 aliphatic carbocycles. The summed E-state index contributed by atoms with van der Waals surface area (Å²) in [6.07, 6.45) is 0. The van der Waals surface area contributed by atoms with Gasteiger partial charge in [-0.05, 0) is 51.1 Å². The number of rotatable bonds is 7. The van der Waals surface area contributed by atoms with Gasteiger partial charge >= 0.3 is 5.97 Å². The summed E-state index contributed by atoms with van der Waals surface area (Å²) in [6.45, 7) is 4.42. The SMILES string of the molecule is Cc1cc(C(=O)COC(=O)[C@H](C)NS(=O)(=O)c2ccc(Cl)cc2)c(C)[nH]1. The summed E-state index contributed by atoms with van der Waals surface area (Å²) in [4.78, 5) is 27.1. The Morgan fingerprint density at radius 2 is 1.85 bits per heavy atom. The number of hydrogen-bond acceptors (Lipinski definition) is 5. The number of carbonyl (C=O) groups is 2. The van der Waals surface area contributed by atoms with Gasteiger partial charge in [-0.3, -0.25) is 9.59 Å². The molecule has 2 aromatic rings. The molecule has 0 spiro atoms. The van der Waals surface area contributed by atoms with Gasteiger partial charge in [-0.15, -0.1) is 0 Å². The summed E-state index contributed by atoms with van der Waals surface area (Å²) in [5.41, 5.74) is 1.94. The van der Waals surface area contributed by atoms with Crippen LogP contribution in [0.1, 0.15) is 28.7 Å². The molecule has 0 radical (unpaired) electrons. The number of halogens is 1. The van der Waals surface area contributed by atoms with Gasteiger partial charge in [0.1, 0.15) is 6.04 Å². The minimum atomic E-state index is -3.91. The molecular formula is C17H19ClN2O5S. The Morgan fingerprint density at radius 3 is 2.38 bits per heavy atom. The molecule has 0 fully saturated rings. The second-order valence-electron chi connectivity index (χ2n) is 5.82. The van der Waals surface area contributed by atoms with Crippen LogP contribution < -0.4 is 4.72 Å². The number of H-pyrrole nitrogens is 1. The van der Waals surface area contributed by atoms with E-state index in [1.54, 1.807) is 13.0 Å². The van der Waals surface area contributed by atoms with Gasteiger partial charge in [0.25, 0.3) is 0 Å². The van der Waals surface area contributed by atoms with Crippen LogP contribution in [0.4, 0.5) is 0 Å². The zero-order valence-corrected chi connectivity index (χ0v) is 16.1. The molecule has 1 heterocycles. The number of carbonyl (C=O) groups excluding carboxylic acids is 2. The van der Waals surface area contributed by atoms with Crippen LogP contribution in [0, 0.1) is 13.8 Å². The fraction of sp³-hybridized carbons (Fsp3) is 0.294. The van der Waals surface area contributed by atoms with Gasteiger partial charge in [0.15, 0.2) is 6.61 Å². The number of aryl methyl sites for hydroxylation is 2. The van der Waals surface area contributed by atoms with Crippen molar-refractivity contribution < 1.29 is 22.7 Å². The number of sulfonamides is 1. The van der Waals surface area contributed by atoms with E-state index in [9.17, 15) is 18.0 Å². The first kappa shape index (κ1) is 20.2. The van der Waals surface area contributed by atoms with E-state index in [1.807, 2.05) is 6.92 Å². The first-order chi connectivity index (χ1) is 12.1. The van der Waals surface area contributed by atoms with Gasteiger partial charge in [0.2, 0.25) is 15.8 Å². The summed E-state index contributed by atoms with van der Waals surface area (Å²) >= 11 is 5.73. The van der Waals surface area contributed by atoms with Crippen molar-refractivity contribution in [1.29, 1.82) is 0 Å². The Hall–Kier alpha value is -2.16. The molecule has 1 atom stereocenters. The third kappa shape index (κ3) is 4.94. The number of aromatic amines is 1. The van der Waals surface area contributed by atoms with E-state index in [-0.39, 0.29) is 10.7 Å². The number of Topliss-reactive ketones (excluding diaryl/α,β-unsaturated/α-hetero) is 1. The largest absolute Gasteiger partial charge is 0.456 e. The molecule has 0 aliphatic rings. The third-order valence-corrected chi connectivity index (χ3v) is 5.41. The van der Waals surface area contributed by atoms with E-state index in [2.05, 4.69) is 9.71 Å². The standard InChI is InChI=1S/C17H19ClN2O5S/c1-10-8-15(11(2)19-10)16(21)9-25-17(22)12(3)20-26(23,24)14-6-4-13(18)5-7-14/h4-8,12,19-20H,9H2,1-3H3/t12-/m0/s1. The van der Waals surface area contributed by atoms with Crippen molar-refractivity contribution in [2.75, 3.05) is 6.61 Å². The first-order valence-electron chi connectivity index (χ1n) is 7.74. The van der Waals surface area contributed by atoms with Crippen molar-refractivity contribution in [1.82, 2.24) is 9.71 Å². The Bertz CT molecular complexity index is 919. The molecule has 1 aromatic carbocycles. The molecular weight excluding hydrogens is 380 g/mol. The maximum atomic E-state index is 12.2. The van der Waals surface area contributed by atoms with Crippen LogP contribution in [0.3, 0.4) is 0 Å². The maximum absolute atomic E-state index is 12.2. The molecule has 26 heavy (non-hydrogen) atoms. The second-order valence-corrected chi connectivity index (χ2v) is 7.97. The van der Waals surface area contributed by atoms with Crippen LogP contribution in [-0.2, 0) is 19.6 Å². The molecule has 140 valence electrons. The van der Waals surface area contributed by atoms with Crippen molar-refractivity contribution in [3.05, 3.63) is 52.3 Å². The quantitative estimate of drug-likeness (QED) is 0.550. The molecule has 9 heteroatoms. The lowest BCUT2D eigenvalue weighted by atomic mass is 10.1. The topological polar surface area (TPSA) is 105 Å². The van der Waals surface area contributed by atoms with Crippen LogP contribution >= 0.6 is 11.6 Å². The van der Waals surface area contributed by atoms with Crippen molar-refractivity contribution in [2.24, 2.45) is 0 Å². The van der Waals surface area contributed by atoms with Crippen LogP contribution in [0.2, 0.25) is 5.02 Å². The summed E-state index contributed by atoms with van der Waals surface area (Å²) in [5.74, 6) is -1.21. The number of benzene rings is 1. The summed E-state index contributed by atoms with van der Waals surface area (Å²) < 4.78 is 31.6. The molecule has 2 rings (SSSR count). The van der Waals surface area contributed by atoms with Crippen molar-refractivity contribution in [3.63, 3.8) is 0 Å². The molecule has 7 nitrogen and oxygen atoms in total. The molecule has 0 bridgehead atoms. The van der Waals surface area contributed by atoms with Crippen molar-refractivity contribution in [2.45, 2.75) is 31.7 Å². The van der Waals surface area contributed by atoms with Gasteiger partial charge in [-0.1, -0.05) is 11.6 Å². The van der Waals surface area contributed by atoms with Gasteiger partial charge < -0.3 is 9.72 Å². The normalized spacial score (nSPS) is 12.6. The highest BCUT2D eigenvalue weighted by Crippen LogP contribution is 2.14. The third-order valence-electron chi connectivity index (χ3n) is 3.60. The highest BCUT2D eigenvalue weighted by molar-refractivity contribution is 7.89. The first-order valence-corrected chi connectivity index (χ1v) is 9.60. The minimum Gasteiger partial charge on any atom is -0.456 e. The Balaban J connectivity index is 1.96. The molecule has 2 N–H and O–H groups in total. The predicted molar refractivity (Wildman–Crippen MR) is 96.8 cm³/mol. The lowest BCUT2D eigenvalue weighted by Crippen LogP contribution is -2.40. The second kappa shape index (κ2) is 8.03. The molecule has 0 aliphatic heterocycles. The van der Waals surface area contributed by atoms with Gasteiger partial charge in [-0.2, -0.15) is 4.72 Å². The summed E-state index contributed by atoms with van der Waals surface area (Å²) in [6, 6.07) is 6.01. The van der Waals surface area contributed by atoms with Crippen molar-refractivity contribution in [3.8, 4) is 0 Å². The van der Waals surface area contributed by atoms with Crippen LogP contribution in [0.25, 0.3) is 0 Å². The molecule has 1 aromatic heterocycles. The predicted octanol–water partition coefficient (Wildman–Crippen LogP) is 2.38. The zero-order chi connectivity index (χ0) is 19.5. The van der Waals surface area contributed by atoms with E-state index in [0.29, 0.717) is 16.3 Å². The van der Waals surface area contributed by atoms with Gasteiger partial charge in [0, 0.05) is 22.0 Å². The molecule has 0 saturated carbocycles. The number of ketones is 1. The summed E-state index contributed by atoms with van der Waals surface area (Å²) in [5, 5.41) is 0.394. The van der Waals surface area contributed by atoms with Crippen LogP contribution in [0.15, 0.2) is 35.2 Å². The van der Waals surface area contributed by atoms with E-state index < -0.39 is 28.6 Å². The highest BCUT2D eigenvalue weighted by atomic mass is 35.5. The minimum absolute atomic E-state index is 0.0314. The van der Waals surface area contributed by atoms with Gasteiger partial charge in [0.05, 0.1) is 4.90 Å². The summed E-state index contributed by atoms with van der Waals surface area (Å²) in [7, 11) is -3.91. The van der Waals surface area contributed by atoms with Crippen molar-refractivity contribution >= 4 is 33.4 Å². The Kier molecular flexibility index (Phi) is 6.22. The molecule has 0 saturated heterocycles. The fourth-order valence-corrected chi connectivity index (χ4v) is 3.63. The smallest absolute Gasteiger partial charge is 0.324 e. The number of ether oxygens (including phenoxy) is 1. The Labute approximate surface area is 156 Å². The van der Waals surface area contributed by atoms with Crippen LogP contribution in [-0.4, -0.2) is 37.8 Å². The van der Waals surface area contributed by atoms with E-state index in [0.717, 1.165) is 5.69 Å². The van der Waals surface area contributed by atoms with Gasteiger partial charge in [-0.25, -0.2) is 8.42 Å². The number of aromatic nitrogens is 1. The average Bonchev–Trinajstić information content (AvgIpc) is 2.90. The van der Waals surface area contributed by atoms with E-state index in [1.165, 1.54) is 31.2 Å². The fourth-order valence-electron chi connectivity index (χ4n) is 2.32. The zero-order valence-electron chi connectivity index (χ0n) is 14.5. The van der Waals surface area contributed by atoms with Crippen LogP contribution in [0.5, 0.6) is 0 Å².